The number of nitrogens with zero attached hydrogens (tertiary/aromatic N) is 2. The molecule has 1 fully saturated rings. The Morgan fingerprint density at radius 1 is 1.43 bits per heavy atom. The number of hydrogen-bond donors (Lipinski definition) is 2. The molecule has 0 radical (unpaired) electrons. The van der Waals surface area contributed by atoms with Gasteiger partial charge in [-0.3, -0.25) is 14.9 Å². The van der Waals surface area contributed by atoms with Crippen LogP contribution in [0.4, 0.5) is 11.4 Å². The van der Waals surface area contributed by atoms with Crippen LogP contribution in [0.15, 0.2) is 18.2 Å². The number of carbonyl (C=O) groups excluding carboxylic acids is 1. The van der Waals surface area contributed by atoms with Gasteiger partial charge in [-0.2, -0.15) is 0 Å². The predicted octanol–water partition coefficient (Wildman–Crippen LogP) is 2.15. The van der Waals surface area contributed by atoms with Gasteiger partial charge in [0.25, 0.3) is 5.69 Å². The summed E-state index contributed by atoms with van der Waals surface area (Å²) in [6.45, 7) is 3.67. The molecule has 0 atom stereocenters. The van der Waals surface area contributed by atoms with E-state index in [4.69, 9.17) is 5.11 Å². The third-order valence-corrected chi connectivity index (χ3v) is 4.37. The number of aliphatic hydroxyl groups is 1. The van der Waals surface area contributed by atoms with Crippen molar-refractivity contribution in [3.05, 3.63) is 33.9 Å². The number of nitro benzene ring substituents is 1. The van der Waals surface area contributed by atoms with Gasteiger partial charge in [-0.15, -0.1) is 0 Å². The monoisotopic (exact) mass is 321 g/mol. The molecule has 0 unspecified atom stereocenters. The zero-order valence-electron chi connectivity index (χ0n) is 13.3. The van der Waals surface area contributed by atoms with E-state index in [0.29, 0.717) is 23.7 Å². The summed E-state index contributed by atoms with van der Waals surface area (Å²) in [7, 11) is 0. The van der Waals surface area contributed by atoms with E-state index in [9.17, 15) is 14.9 Å². The Bertz CT molecular complexity index is 568. The minimum atomic E-state index is -0.422. The van der Waals surface area contributed by atoms with E-state index in [0.717, 1.165) is 32.4 Å². The molecular weight excluding hydrogens is 298 g/mol. The molecule has 7 heteroatoms. The highest BCUT2D eigenvalue weighted by Crippen LogP contribution is 2.26. The van der Waals surface area contributed by atoms with Gasteiger partial charge in [0.1, 0.15) is 5.69 Å². The average Bonchev–Trinajstić information content (AvgIpc) is 2.55. The van der Waals surface area contributed by atoms with Crippen molar-refractivity contribution >= 4 is 17.3 Å². The minimum absolute atomic E-state index is 0.0219. The minimum Gasteiger partial charge on any atom is -0.392 e. The first-order valence-electron chi connectivity index (χ1n) is 7.89. The zero-order chi connectivity index (χ0) is 16.8. The molecular formula is C16H23N3O4. The molecule has 2 rings (SSSR count). The number of aliphatic hydroxyl groups excluding tert-OH is 1. The van der Waals surface area contributed by atoms with Crippen LogP contribution in [0.2, 0.25) is 0 Å². The van der Waals surface area contributed by atoms with Gasteiger partial charge in [0.15, 0.2) is 0 Å². The van der Waals surface area contributed by atoms with E-state index >= 15 is 0 Å². The van der Waals surface area contributed by atoms with Crippen LogP contribution in [-0.2, 0) is 11.4 Å². The molecule has 7 nitrogen and oxygen atoms in total. The molecule has 1 saturated heterocycles. The average molecular weight is 321 g/mol. The summed E-state index contributed by atoms with van der Waals surface area (Å²) in [5, 5.41) is 23.3. The van der Waals surface area contributed by atoms with Gasteiger partial charge in [0.2, 0.25) is 5.91 Å². The van der Waals surface area contributed by atoms with Crippen LogP contribution in [0.1, 0.15) is 31.7 Å². The predicted molar refractivity (Wildman–Crippen MR) is 87.1 cm³/mol. The Labute approximate surface area is 135 Å². The van der Waals surface area contributed by atoms with Crippen LogP contribution in [0.25, 0.3) is 0 Å². The summed E-state index contributed by atoms with van der Waals surface area (Å²) >= 11 is 0. The number of carbonyl (C=O) groups is 1. The summed E-state index contributed by atoms with van der Waals surface area (Å²) in [5.41, 5.74) is 1.11. The summed E-state index contributed by atoms with van der Waals surface area (Å²) in [6, 6.07) is 4.59. The topological polar surface area (TPSA) is 95.7 Å². The van der Waals surface area contributed by atoms with Gasteiger partial charge in [-0.25, -0.2) is 0 Å². The van der Waals surface area contributed by atoms with Crippen molar-refractivity contribution in [2.45, 2.75) is 32.8 Å². The molecule has 0 aliphatic carbocycles. The molecule has 0 bridgehead atoms. The zero-order valence-corrected chi connectivity index (χ0v) is 13.3. The molecule has 0 saturated carbocycles. The van der Waals surface area contributed by atoms with Crippen LogP contribution in [0.3, 0.4) is 0 Å². The number of nitrogens with one attached hydrogen (secondary N) is 1. The maximum atomic E-state index is 11.3. The summed E-state index contributed by atoms with van der Waals surface area (Å²) < 4.78 is 0. The van der Waals surface area contributed by atoms with Gasteiger partial charge in [-0.05, 0) is 42.9 Å². The second-order valence-corrected chi connectivity index (χ2v) is 5.93. The maximum Gasteiger partial charge on any atom is 0.292 e. The number of anilines is 1. The van der Waals surface area contributed by atoms with Crippen molar-refractivity contribution in [3.8, 4) is 0 Å². The van der Waals surface area contributed by atoms with Crippen LogP contribution in [0.5, 0.6) is 0 Å². The van der Waals surface area contributed by atoms with E-state index < -0.39 is 4.92 Å². The molecule has 1 aliphatic rings. The third-order valence-electron chi connectivity index (χ3n) is 4.37. The second kappa shape index (κ2) is 7.92. The molecule has 1 amide bonds. The van der Waals surface area contributed by atoms with Crippen LogP contribution >= 0.6 is 0 Å². The van der Waals surface area contributed by atoms with E-state index in [1.54, 1.807) is 19.1 Å². The highest BCUT2D eigenvalue weighted by Gasteiger charge is 2.21. The number of hydrogen-bond acceptors (Lipinski definition) is 5. The second-order valence-electron chi connectivity index (χ2n) is 5.93. The first kappa shape index (κ1) is 17.2. The Morgan fingerprint density at radius 3 is 2.70 bits per heavy atom. The van der Waals surface area contributed by atoms with Crippen molar-refractivity contribution in [2.75, 3.05) is 25.0 Å². The van der Waals surface area contributed by atoms with Crippen molar-refractivity contribution in [2.24, 2.45) is 5.92 Å². The number of likely N-dealkylation sites (tertiary alicyclic amines) is 1. The highest BCUT2D eigenvalue weighted by molar-refractivity contribution is 5.73. The standard InChI is InChI=1S/C16H23N3O4/c1-12(21)18-8-5-13(6-9-18)4-7-17-15-10-14(11-20)2-3-16(15)19(22)23/h2-3,10,13,17,20H,4-9,11H2,1H3. The molecule has 1 aromatic rings. The molecule has 0 aromatic heterocycles. The first-order chi connectivity index (χ1) is 11.0. The Morgan fingerprint density at radius 2 is 2.13 bits per heavy atom. The summed E-state index contributed by atoms with van der Waals surface area (Å²) in [4.78, 5) is 23.8. The van der Waals surface area contributed by atoms with E-state index in [1.165, 1.54) is 6.07 Å². The van der Waals surface area contributed by atoms with Gasteiger partial charge >= 0.3 is 0 Å². The lowest BCUT2D eigenvalue weighted by Crippen LogP contribution is -2.37. The Kier molecular flexibility index (Phi) is 5.92. The van der Waals surface area contributed by atoms with Crippen molar-refractivity contribution in [3.63, 3.8) is 0 Å². The number of amides is 1. The van der Waals surface area contributed by atoms with Gasteiger partial charge in [0.05, 0.1) is 11.5 Å². The summed E-state index contributed by atoms with van der Waals surface area (Å²) in [6.07, 6.45) is 2.85. The number of rotatable bonds is 6. The molecule has 0 spiro atoms. The van der Waals surface area contributed by atoms with Crippen LogP contribution in [-0.4, -0.2) is 40.5 Å². The molecule has 2 N–H and O–H groups in total. The third kappa shape index (κ3) is 4.66. The first-order valence-corrected chi connectivity index (χ1v) is 7.89. The van der Waals surface area contributed by atoms with E-state index in [-0.39, 0.29) is 18.2 Å². The van der Waals surface area contributed by atoms with Gasteiger partial charge < -0.3 is 15.3 Å². The normalized spacial score (nSPS) is 15.5. The van der Waals surface area contributed by atoms with E-state index in [1.807, 2.05) is 4.90 Å². The largest absolute Gasteiger partial charge is 0.392 e. The van der Waals surface area contributed by atoms with Crippen LogP contribution in [0, 0.1) is 16.0 Å². The Balaban J connectivity index is 1.87. The van der Waals surface area contributed by atoms with Crippen molar-refractivity contribution < 1.29 is 14.8 Å². The van der Waals surface area contributed by atoms with Gasteiger partial charge in [-0.1, -0.05) is 0 Å². The smallest absolute Gasteiger partial charge is 0.292 e. The molecule has 23 heavy (non-hydrogen) atoms. The lowest BCUT2D eigenvalue weighted by molar-refractivity contribution is -0.384. The molecule has 126 valence electrons. The summed E-state index contributed by atoms with van der Waals surface area (Å²) in [5.74, 6) is 0.649. The lowest BCUT2D eigenvalue weighted by Gasteiger charge is -2.31. The number of piperidine rings is 1. The maximum absolute atomic E-state index is 11.3. The van der Waals surface area contributed by atoms with Gasteiger partial charge in [0, 0.05) is 32.6 Å². The number of benzene rings is 1. The van der Waals surface area contributed by atoms with Crippen LogP contribution < -0.4 is 5.32 Å². The highest BCUT2D eigenvalue weighted by atomic mass is 16.6. The Hall–Kier alpha value is -2.15. The number of nitro groups is 1. The fraction of sp³-hybridized carbons (Fsp3) is 0.562. The van der Waals surface area contributed by atoms with Crippen molar-refractivity contribution in [1.82, 2.24) is 4.90 Å². The molecule has 1 aliphatic heterocycles. The fourth-order valence-corrected chi connectivity index (χ4v) is 2.93. The molecule has 1 heterocycles. The lowest BCUT2D eigenvalue weighted by atomic mass is 9.93. The molecule has 1 aromatic carbocycles. The fourth-order valence-electron chi connectivity index (χ4n) is 2.93. The SMILES string of the molecule is CC(=O)N1CCC(CCNc2cc(CO)ccc2[N+](=O)[O-])CC1. The van der Waals surface area contributed by atoms with E-state index in [2.05, 4.69) is 5.32 Å². The quantitative estimate of drug-likeness (QED) is 0.618. The van der Waals surface area contributed by atoms with Crippen molar-refractivity contribution in [1.29, 1.82) is 0 Å².